The molecule has 1 N–H and O–H groups in total. The molecule has 0 aliphatic rings. The van der Waals surface area contributed by atoms with Crippen LogP contribution < -0.4 is 0 Å². The van der Waals surface area contributed by atoms with Crippen molar-refractivity contribution in [1.29, 1.82) is 0 Å². The highest BCUT2D eigenvalue weighted by atomic mass is 35.5. The summed E-state index contributed by atoms with van der Waals surface area (Å²) in [5.74, 6) is -1.87. The van der Waals surface area contributed by atoms with Crippen molar-refractivity contribution in [3.05, 3.63) is 33.4 Å². The van der Waals surface area contributed by atoms with Crippen molar-refractivity contribution in [2.24, 2.45) is 0 Å². The van der Waals surface area contributed by atoms with Crippen LogP contribution in [0.3, 0.4) is 0 Å². The molecule has 0 fully saturated rings. The molecule has 0 unspecified atom stereocenters. The zero-order valence-corrected chi connectivity index (χ0v) is 12.0. The SMILES string of the molecule is O=C(O)c1sc(-c2ncc(C(F)(F)F)cc2Cl)nc1C(F)(F)F. The first-order valence-electron chi connectivity index (χ1n) is 5.45. The first kappa shape index (κ1) is 17.5. The highest BCUT2D eigenvalue weighted by molar-refractivity contribution is 7.17. The van der Waals surface area contributed by atoms with Gasteiger partial charge in [0.25, 0.3) is 0 Å². The van der Waals surface area contributed by atoms with Crippen LogP contribution in [0.4, 0.5) is 26.3 Å². The summed E-state index contributed by atoms with van der Waals surface area (Å²) in [5, 5.41) is 7.63. The second kappa shape index (κ2) is 5.64. The predicted octanol–water partition coefficient (Wildman–Crippen LogP) is 4.59. The number of hydrogen-bond donors (Lipinski definition) is 1. The minimum Gasteiger partial charge on any atom is -0.477 e. The van der Waals surface area contributed by atoms with Gasteiger partial charge in [0.05, 0.1) is 10.6 Å². The summed E-state index contributed by atoms with van der Waals surface area (Å²) >= 11 is 5.72. The second-order valence-electron chi connectivity index (χ2n) is 4.05. The number of carboxylic acids is 1. The van der Waals surface area contributed by atoms with Crippen molar-refractivity contribution >= 4 is 28.9 Å². The predicted molar refractivity (Wildman–Crippen MR) is 67.3 cm³/mol. The zero-order chi connectivity index (χ0) is 17.6. The average molecular weight is 377 g/mol. The lowest BCUT2D eigenvalue weighted by Gasteiger charge is -2.07. The molecule has 0 radical (unpaired) electrons. The van der Waals surface area contributed by atoms with Crippen LogP contribution in [0, 0.1) is 0 Å². The minimum atomic E-state index is -5.04. The number of hydrogen-bond acceptors (Lipinski definition) is 4. The van der Waals surface area contributed by atoms with Crippen LogP contribution in [0.1, 0.15) is 20.9 Å². The number of rotatable bonds is 2. The smallest absolute Gasteiger partial charge is 0.435 e. The molecule has 0 bridgehead atoms. The molecule has 2 aromatic rings. The lowest BCUT2D eigenvalue weighted by Crippen LogP contribution is -2.11. The Balaban J connectivity index is 2.58. The normalized spacial score (nSPS) is 12.5. The van der Waals surface area contributed by atoms with E-state index in [2.05, 4.69) is 9.97 Å². The van der Waals surface area contributed by atoms with Gasteiger partial charge in [-0.1, -0.05) is 11.6 Å². The molecule has 4 nitrogen and oxygen atoms in total. The van der Waals surface area contributed by atoms with Crippen LogP contribution in [-0.2, 0) is 12.4 Å². The van der Waals surface area contributed by atoms with E-state index in [-0.39, 0.29) is 11.3 Å². The van der Waals surface area contributed by atoms with E-state index in [0.717, 1.165) is 0 Å². The number of thiazole rings is 1. The molecular weight excluding hydrogens is 374 g/mol. The van der Waals surface area contributed by atoms with Crippen LogP contribution >= 0.6 is 22.9 Å². The summed E-state index contributed by atoms with van der Waals surface area (Å²) in [6, 6.07) is 0.471. The number of carboxylic acid groups (broad SMARTS) is 1. The Morgan fingerprint density at radius 1 is 1.17 bits per heavy atom. The number of nitrogens with zero attached hydrogens (tertiary/aromatic N) is 2. The third kappa shape index (κ3) is 3.55. The van der Waals surface area contributed by atoms with E-state index in [9.17, 15) is 31.1 Å². The first-order chi connectivity index (χ1) is 10.4. The number of aromatic nitrogens is 2. The van der Waals surface area contributed by atoms with Crippen molar-refractivity contribution in [1.82, 2.24) is 9.97 Å². The van der Waals surface area contributed by atoms with E-state index in [0.29, 0.717) is 12.3 Å². The summed E-state index contributed by atoms with van der Waals surface area (Å²) in [5.41, 5.74) is -3.33. The third-order valence-corrected chi connectivity index (χ3v) is 3.80. The Morgan fingerprint density at radius 2 is 1.78 bits per heavy atom. The van der Waals surface area contributed by atoms with Gasteiger partial charge in [0.2, 0.25) is 0 Å². The zero-order valence-electron chi connectivity index (χ0n) is 10.5. The third-order valence-electron chi connectivity index (χ3n) is 2.46. The topological polar surface area (TPSA) is 63.1 Å². The molecule has 0 spiro atoms. The molecular formula is C11H3ClF6N2O2S. The Hall–Kier alpha value is -1.88. The van der Waals surface area contributed by atoms with Gasteiger partial charge in [-0.2, -0.15) is 26.3 Å². The highest BCUT2D eigenvalue weighted by Gasteiger charge is 2.40. The van der Waals surface area contributed by atoms with Crippen molar-refractivity contribution in [3.63, 3.8) is 0 Å². The highest BCUT2D eigenvalue weighted by Crippen LogP contribution is 2.40. The Kier molecular flexibility index (Phi) is 4.28. The molecule has 0 amide bonds. The van der Waals surface area contributed by atoms with Crippen LogP contribution in [0.2, 0.25) is 5.02 Å². The lowest BCUT2D eigenvalue weighted by molar-refractivity contribution is -0.141. The Bertz CT molecular complexity index is 771. The Morgan fingerprint density at radius 3 is 2.17 bits per heavy atom. The summed E-state index contributed by atoms with van der Waals surface area (Å²) in [6.45, 7) is 0. The Labute approximate surface area is 132 Å². The number of aromatic carboxylic acids is 1. The van der Waals surface area contributed by atoms with Gasteiger partial charge in [0.1, 0.15) is 15.6 Å². The molecule has 2 aromatic heterocycles. The molecule has 0 saturated heterocycles. The van der Waals surface area contributed by atoms with Crippen LogP contribution in [0.15, 0.2) is 12.3 Å². The van der Waals surface area contributed by atoms with Crippen molar-refractivity contribution in [3.8, 4) is 10.7 Å². The van der Waals surface area contributed by atoms with Gasteiger partial charge in [0.15, 0.2) is 5.69 Å². The number of pyridine rings is 1. The van der Waals surface area contributed by atoms with E-state index >= 15 is 0 Å². The van der Waals surface area contributed by atoms with Gasteiger partial charge in [-0.25, -0.2) is 9.78 Å². The fraction of sp³-hybridized carbons (Fsp3) is 0.182. The summed E-state index contributed by atoms with van der Waals surface area (Å²) in [7, 11) is 0. The maximum absolute atomic E-state index is 12.7. The quantitative estimate of drug-likeness (QED) is 0.778. The summed E-state index contributed by atoms with van der Waals surface area (Å²) < 4.78 is 75.7. The summed E-state index contributed by atoms with van der Waals surface area (Å²) in [6.07, 6.45) is -9.40. The molecule has 2 rings (SSSR count). The van der Waals surface area contributed by atoms with Gasteiger partial charge >= 0.3 is 18.3 Å². The summed E-state index contributed by atoms with van der Waals surface area (Å²) in [4.78, 5) is 16.2. The van der Waals surface area contributed by atoms with E-state index in [1.807, 2.05) is 0 Å². The molecule has 0 aromatic carbocycles. The second-order valence-corrected chi connectivity index (χ2v) is 5.46. The average Bonchev–Trinajstić information content (AvgIpc) is 2.82. The molecule has 0 saturated carbocycles. The number of halogens is 7. The molecule has 0 aliphatic carbocycles. The molecule has 124 valence electrons. The minimum absolute atomic E-state index is 0.116. The number of alkyl halides is 6. The van der Waals surface area contributed by atoms with Crippen molar-refractivity contribution < 1.29 is 36.2 Å². The van der Waals surface area contributed by atoms with E-state index in [1.165, 1.54) is 0 Å². The fourth-order valence-electron chi connectivity index (χ4n) is 1.51. The van der Waals surface area contributed by atoms with Crippen LogP contribution in [0.25, 0.3) is 10.7 Å². The molecule has 0 atom stereocenters. The van der Waals surface area contributed by atoms with E-state index in [4.69, 9.17) is 16.7 Å². The lowest BCUT2D eigenvalue weighted by atomic mass is 10.2. The van der Waals surface area contributed by atoms with Gasteiger partial charge in [0, 0.05) is 6.20 Å². The number of carbonyl (C=O) groups is 1. The van der Waals surface area contributed by atoms with E-state index in [1.54, 1.807) is 0 Å². The molecule has 23 heavy (non-hydrogen) atoms. The largest absolute Gasteiger partial charge is 0.477 e. The van der Waals surface area contributed by atoms with Gasteiger partial charge in [-0.05, 0) is 6.07 Å². The molecule has 0 aliphatic heterocycles. The molecule has 12 heteroatoms. The van der Waals surface area contributed by atoms with Gasteiger partial charge in [-0.3, -0.25) is 4.98 Å². The van der Waals surface area contributed by atoms with Crippen molar-refractivity contribution in [2.45, 2.75) is 12.4 Å². The monoisotopic (exact) mass is 376 g/mol. The van der Waals surface area contributed by atoms with E-state index < -0.39 is 50.2 Å². The van der Waals surface area contributed by atoms with Gasteiger partial charge < -0.3 is 5.11 Å². The van der Waals surface area contributed by atoms with Crippen molar-refractivity contribution in [2.75, 3.05) is 0 Å². The fourth-order valence-corrected chi connectivity index (χ4v) is 2.76. The van der Waals surface area contributed by atoms with Crippen LogP contribution in [-0.4, -0.2) is 21.0 Å². The standard InChI is InChI=1S/C11H3ClF6N2O2S/c12-4-1-3(10(13,14)15)2-19-5(4)8-20-7(11(16,17)18)6(23-8)9(21)22/h1-2H,(H,21,22). The van der Waals surface area contributed by atoms with Gasteiger partial charge in [-0.15, -0.1) is 11.3 Å². The van der Waals surface area contributed by atoms with Crippen LogP contribution in [0.5, 0.6) is 0 Å². The maximum atomic E-state index is 12.7. The first-order valence-corrected chi connectivity index (χ1v) is 6.65. The maximum Gasteiger partial charge on any atom is 0.435 e. The molecule has 2 heterocycles.